The lowest BCUT2D eigenvalue weighted by Crippen LogP contribution is -2.12. The van der Waals surface area contributed by atoms with Crippen LogP contribution in [0.3, 0.4) is 0 Å². The first kappa shape index (κ1) is 16.5. The molecule has 0 bridgehead atoms. The molecule has 1 rings (SSSR count). The molecule has 1 aromatic rings. The van der Waals surface area contributed by atoms with Gasteiger partial charge in [-0.2, -0.15) is 0 Å². The van der Waals surface area contributed by atoms with Gasteiger partial charge in [-0.15, -0.1) is 0 Å². The van der Waals surface area contributed by atoms with Crippen LogP contribution in [0.4, 0.5) is 5.69 Å². The molecule has 0 atom stereocenters. The van der Waals surface area contributed by atoms with E-state index in [0.717, 1.165) is 31.0 Å². The van der Waals surface area contributed by atoms with Crippen molar-refractivity contribution in [2.45, 2.75) is 25.7 Å². The molecule has 5 nitrogen and oxygen atoms in total. The number of aliphatic imine (C=N–C) groups is 1. The summed E-state index contributed by atoms with van der Waals surface area (Å²) in [5.74, 6) is 0.856. The summed E-state index contributed by atoms with van der Waals surface area (Å²) in [7, 11) is 4.21. The highest BCUT2D eigenvalue weighted by Crippen LogP contribution is 2.17. The van der Waals surface area contributed by atoms with Gasteiger partial charge in [-0.1, -0.05) is 12.8 Å². The molecule has 0 spiro atoms. The summed E-state index contributed by atoms with van der Waals surface area (Å²) in [6.07, 6.45) is 6.02. The van der Waals surface area contributed by atoms with Crippen LogP contribution in [0.15, 0.2) is 29.3 Å². The first-order valence-corrected chi connectivity index (χ1v) is 7.02. The Morgan fingerprint density at radius 2 is 1.85 bits per heavy atom. The van der Waals surface area contributed by atoms with E-state index in [9.17, 15) is 0 Å². The first-order valence-electron chi connectivity index (χ1n) is 7.02. The Hall–Kier alpha value is -1.59. The molecule has 20 heavy (non-hydrogen) atoms. The minimum atomic E-state index is 0.753. The molecule has 0 aliphatic carbocycles. The smallest absolute Gasteiger partial charge is 0.119 e. The van der Waals surface area contributed by atoms with Crippen molar-refractivity contribution in [1.29, 1.82) is 0 Å². The second-order valence-electron chi connectivity index (χ2n) is 4.95. The minimum Gasteiger partial charge on any atom is -0.494 e. The Labute approximate surface area is 121 Å². The van der Waals surface area contributed by atoms with Gasteiger partial charge in [-0.3, -0.25) is 10.7 Å². The number of rotatable bonds is 10. The molecule has 0 aliphatic rings. The van der Waals surface area contributed by atoms with E-state index in [4.69, 9.17) is 9.94 Å². The van der Waals surface area contributed by atoms with Gasteiger partial charge in [-0.05, 0) is 57.7 Å². The van der Waals surface area contributed by atoms with Crippen molar-refractivity contribution in [1.82, 2.24) is 10.4 Å². The number of nitrogens with zero attached hydrogens (tertiary/aromatic N) is 2. The maximum atomic E-state index is 8.39. The Kier molecular flexibility index (Phi) is 8.42. The number of nitrogens with one attached hydrogen (secondary N) is 1. The molecule has 0 saturated heterocycles. The standard InChI is InChI=1S/C15H25N3O2/c1-18(2)11-5-3-4-6-12-20-15-9-7-14(8-10-15)16-13-17-19/h7-10,13,19H,3-6,11-12H2,1-2H3,(H,16,17). The summed E-state index contributed by atoms with van der Waals surface area (Å²) < 4.78 is 5.67. The summed E-state index contributed by atoms with van der Waals surface area (Å²) in [4.78, 5) is 6.18. The van der Waals surface area contributed by atoms with Crippen LogP contribution in [0.5, 0.6) is 5.75 Å². The highest BCUT2D eigenvalue weighted by molar-refractivity contribution is 5.59. The highest BCUT2D eigenvalue weighted by Gasteiger charge is 1.96. The van der Waals surface area contributed by atoms with Crippen LogP contribution < -0.4 is 10.2 Å². The lowest BCUT2D eigenvalue weighted by Gasteiger charge is -2.09. The lowest BCUT2D eigenvalue weighted by atomic mass is 10.2. The van der Waals surface area contributed by atoms with Crippen molar-refractivity contribution in [3.05, 3.63) is 24.3 Å². The third-order valence-corrected chi connectivity index (χ3v) is 2.88. The van der Waals surface area contributed by atoms with Gasteiger partial charge >= 0.3 is 0 Å². The van der Waals surface area contributed by atoms with Crippen LogP contribution in [0.2, 0.25) is 0 Å². The molecule has 2 N–H and O–H groups in total. The monoisotopic (exact) mass is 279 g/mol. The quantitative estimate of drug-likeness (QED) is 0.299. The van der Waals surface area contributed by atoms with Crippen molar-refractivity contribution in [2.24, 2.45) is 4.99 Å². The van der Waals surface area contributed by atoms with Crippen LogP contribution in [-0.4, -0.2) is 43.7 Å². The number of unbranched alkanes of at least 4 members (excludes halogenated alkanes) is 3. The normalized spacial score (nSPS) is 11.2. The Balaban J connectivity index is 2.11. The summed E-state index contributed by atoms with van der Waals surface area (Å²) >= 11 is 0. The molecule has 0 amide bonds. The molecule has 0 heterocycles. The molecule has 0 unspecified atom stereocenters. The van der Waals surface area contributed by atoms with E-state index in [1.54, 1.807) is 0 Å². The highest BCUT2D eigenvalue weighted by atomic mass is 16.5. The van der Waals surface area contributed by atoms with Crippen LogP contribution in [0.25, 0.3) is 0 Å². The van der Waals surface area contributed by atoms with Crippen molar-refractivity contribution in [2.75, 3.05) is 27.2 Å². The maximum Gasteiger partial charge on any atom is 0.119 e. The van der Waals surface area contributed by atoms with Crippen molar-refractivity contribution in [3.63, 3.8) is 0 Å². The second kappa shape index (κ2) is 10.2. The zero-order valence-corrected chi connectivity index (χ0v) is 12.4. The van der Waals surface area contributed by atoms with E-state index in [0.29, 0.717) is 0 Å². The zero-order chi connectivity index (χ0) is 14.6. The van der Waals surface area contributed by atoms with Crippen LogP contribution >= 0.6 is 0 Å². The van der Waals surface area contributed by atoms with Crippen molar-refractivity contribution in [3.8, 4) is 5.75 Å². The van der Waals surface area contributed by atoms with E-state index >= 15 is 0 Å². The number of benzene rings is 1. The van der Waals surface area contributed by atoms with Gasteiger partial charge in [0.25, 0.3) is 0 Å². The predicted molar refractivity (Wildman–Crippen MR) is 82.0 cm³/mol. The Bertz CT molecular complexity index is 377. The summed E-state index contributed by atoms with van der Waals surface area (Å²) in [5.41, 5.74) is 2.64. The molecule has 1 aromatic carbocycles. The van der Waals surface area contributed by atoms with Crippen LogP contribution in [0, 0.1) is 0 Å². The fourth-order valence-corrected chi connectivity index (χ4v) is 1.81. The number of hydroxylamine groups is 1. The van der Waals surface area contributed by atoms with Gasteiger partial charge in [0.05, 0.1) is 12.3 Å². The number of hydrogen-bond acceptors (Lipinski definition) is 4. The molecule has 112 valence electrons. The summed E-state index contributed by atoms with van der Waals surface area (Å²) in [6, 6.07) is 7.46. The molecule has 5 heteroatoms. The van der Waals surface area contributed by atoms with Gasteiger partial charge in [0.2, 0.25) is 0 Å². The molecule has 0 saturated carbocycles. The molecular formula is C15H25N3O2. The lowest BCUT2D eigenvalue weighted by molar-refractivity contribution is 0.240. The van der Waals surface area contributed by atoms with Gasteiger partial charge in [-0.25, -0.2) is 4.99 Å². The zero-order valence-electron chi connectivity index (χ0n) is 12.4. The Morgan fingerprint density at radius 3 is 2.50 bits per heavy atom. The average Bonchev–Trinajstić information content (AvgIpc) is 2.45. The number of hydrogen-bond donors (Lipinski definition) is 2. The van der Waals surface area contributed by atoms with E-state index in [-0.39, 0.29) is 0 Å². The van der Waals surface area contributed by atoms with E-state index in [1.165, 1.54) is 25.6 Å². The minimum absolute atomic E-state index is 0.753. The largest absolute Gasteiger partial charge is 0.494 e. The summed E-state index contributed by atoms with van der Waals surface area (Å²) in [5, 5.41) is 8.39. The van der Waals surface area contributed by atoms with Crippen LogP contribution in [-0.2, 0) is 0 Å². The Morgan fingerprint density at radius 1 is 1.15 bits per heavy atom. The summed E-state index contributed by atoms with van der Waals surface area (Å²) in [6.45, 7) is 1.91. The predicted octanol–water partition coefficient (Wildman–Crippen LogP) is 2.83. The van der Waals surface area contributed by atoms with E-state index in [1.807, 2.05) is 29.7 Å². The molecular weight excluding hydrogens is 254 g/mol. The van der Waals surface area contributed by atoms with Gasteiger partial charge in [0.1, 0.15) is 12.1 Å². The van der Waals surface area contributed by atoms with E-state index in [2.05, 4.69) is 24.0 Å². The van der Waals surface area contributed by atoms with E-state index < -0.39 is 0 Å². The molecule has 0 aliphatic heterocycles. The third-order valence-electron chi connectivity index (χ3n) is 2.88. The topological polar surface area (TPSA) is 57.1 Å². The number of ether oxygens (including phenoxy) is 1. The van der Waals surface area contributed by atoms with Gasteiger partial charge < -0.3 is 9.64 Å². The van der Waals surface area contributed by atoms with Crippen molar-refractivity contribution >= 4 is 12.0 Å². The van der Waals surface area contributed by atoms with Crippen LogP contribution in [0.1, 0.15) is 25.7 Å². The maximum absolute atomic E-state index is 8.39. The third kappa shape index (κ3) is 7.76. The van der Waals surface area contributed by atoms with Gasteiger partial charge in [0.15, 0.2) is 0 Å². The van der Waals surface area contributed by atoms with Crippen molar-refractivity contribution < 1.29 is 9.94 Å². The second-order valence-corrected chi connectivity index (χ2v) is 4.95. The first-order chi connectivity index (χ1) is 9.72. The average molecular weight is 279 g/mol. The van der Waals surface area contributed by atoms with Gasteiger partial charge in [0, 0.05) is 0 Å². The molecule has 0 fully saturated rings. The molecule has 0 radical (unpaired) electrons. The molecule has 0 aromatic heterocycles. The SMILES string of the molecule is CN(C)CCCCCCOc1ccc(N=CNO)cc1. The fraction of sp³-hybridized carbons (Fsp3) is 0.533. The fourth-order valence-electron chi connectivity index (χ4n) is 1.81.